The summed E-state index contributed by atoms with van der Waals surface area (Å²) in [6, 6.07) is 3.61. The minimum absolute atomic E-state index is 0.0452. The molecule has 2 rings (SSSR count). The lowest BCUT2D eigenvalue weighted by Gasteiger charge is -2.22. The molecule has 1 saturated carbocycles. The number of pyridine rings is 1. The van der Waals surface area contributed by atoms with Crippen LogP contribution in [-0.4, -0.2) is 16.9 Å². The molecule has 1 aliphatic rings. The Hall–Kier alpha value is -1.09. The van der Waals surface area contributed by atoms with Gasteiger partial charge in [0.15, 0.2) is 0 Å². The Labute approximate surface area is 100 Å². The van der Waals surface area contributed by atoms with E-state index in [-0.39, 0.29) is 5.91 Å². The van der Waals surface area contributed by atoms with Crippen LogP contribution in [0.5, 0.6) is 0 Å². The molecule has 1 aliphatic carbocycles. The molecule has 0 atom stereocenters. The third-order valence-corrected chi connectivity index (χ3v) is 3.14. The van der Waals surface area contributed by atoms with E-state index >= 15 is 0 Å². The van der Waals surface area contributed by atoms with Crippen molar-refractivity contribution in [1.29, 1.82) is 0 Å². The molecule has 16 heavy (non-hydrogen) atoms. The van der Waals surface area contributed by atoms with Crippen LogP contribution in [0.25, 0.3) is 0 Å². The maximum atomic E-state index is 11.9. The average Bonchev–Trinajstić information content (AvgIpc) is 2.30. The van der Waals surface area contributed by atoms with Gasteiger partial charge in [-0.25, -0.2) is 4.98 Å². The molecule has 0 aromatic carbocycles. The zero-order valence-electron chi connectivity index (χ0n) is 9.08. The molecule has 1 aromatic heterocycles. The van der Waals surface area contributed by atoms with Crippen LogP contribution in [0.15, 0.2) is 18.3 Å². The van der Waals surface area contributed by atoms with Gasteiger partial charge in [0.2, 0.25) is 0 Å². The number of carbonyl (C=O) groups excluding carboxylic acids is 1. The number of carbonyl (C=O) groups is 1. The van der Waals surface area contributed by atoms with Gasteiger partial charge in [0, 0.05) is 17.8 Å². The second-order valence-corrected chi connectivity index (χ2v) is 4.56. The van der Waals surface area contributed by atoms with Crippen LogP contribution in [0.2, 0.25) is 5.15 Å². The average molecular weight is 239 g/mol. The number of nitrogens with one attached hydrogen (secondary N) is 1. The predicted molar refractivity (Wildman–Crippen MR) is 63.6 cm³/mol. The summed E-state index contributed by atoms with van der Waals surface area (Å²) < 4.78 is 0. The Morgan fingerprint density at radius 2 is 2.12 bits per heavy atom. The first-order chi connectivity index (χ1) is 7.75. The summed E-state index contributed by atoms with van der Waals surface area (Å²) in [5, 5.41) is 3.39. The van der Waals surface area contributed by atoms with E-state index in [9.17, 15) is 4.79 Å². The van der Waals surface area contributed by atoms with Gasteiger partial charge in [-0.05, 0) is 25.0 Å². The highest BCUT2D eigenvalue weighted by atomic mass is 35.5. The minimum atomic E-state index is -0.0452. The van der Waals surface area contributed by atoms with E-state index in [1.165, 1.54) is 19.3 Å². The van der Waals surface area contributed by atoms with Gasteiger partial charge < -0.3 is 5.32 Å². The SMILES string of the molecule is O=C(NC1CCCCC1)c1ccnc(Cl)c1. The van der Waals surface area contributed by atoms with Gasteiger partial charge in [0.05, 0.1) is 0 Å². The van der Waals surface area contributed by atoms with Crippen molar-refractivity contribution >= 4 is 17.5 Å². The van der Waals surface area contributed by atoms with Crippen LogP contribution in [0.3, 0.4) is 0 Å². The molecule has 0 radical (unpaired) electrons. The van der Waals surface area contributed by atoms with E-state index in [4.69, 9.17) is 11.6 Å². The van der Waals surface area contributed by atoms with Crippen molar-refractivity contribution in [3.05, 3.63) is 29.0 Å². The van der Waals surface area contributed by atoms with Gasteiger partial charge in [0.25, 0.3) is 5.91 Å². The Balaban J connectivity index is 1.97. The van der Waals surface area contributed by atoms with E-state index in [1.54, 1.807) is 18.3 Å². The molecule has 3 nitrogen and oxygen atoms in total. The summed E-state index contributed by atoms with van der Waals surface area (Å²) in [6.45, 7) is 0. The Bertz CT molecular complexity index is 375. The van der Waals surface area contributed by atoms with E-state index in [0.717, 1.165) is 12.8 Å². The highest BCUT2D eigenvalue weighted by molar-refractivity contribution is 6.29. The third-order valence-electron chi connectivity index (χ3n) is 2.93. The first-order valence-electron chi connectivity index (χ1n) is 5.68. The molecule has 86 valence electrons. The van der Waals surface area contributed by atoms with Gasteiger partial charge in [0.1, 0.15) is 5.15 Å². The second-order valence-electron chi connectivity index (χ2n) is 4.18. The zero-order valence-corrected chi connectivity index (χ0v) is 9.83. The third kappa shape index (κ3) is 2.95. The number of amides is 1. The maximum Gasteiger partial charge on any atom is 0.251 e. The molecular weight excluding hydrogens is 224 g/mol. The fourth-order valence-electron chi connectivity index (χ4n) is 2.06. The highest BCUT2D eigenvalue weighted by Gasteiger charge is 2.16. The fourth-order valence-corrected chi connectivity index (χ4v) is 2.23. The van der Waals surface area contributed by atoms with Gasteiger partial charge >= 0.3 is 0 Å². The molecule has 0 spiro atoms. The molecule has 0 bridgehead atoms. The first kappa shape index (κ1) is 11.4. The molecule has 1 heterocycles. The maximum absolute atomic E-state index is 11.9. The highest BCUT2D eigenvalue weighted by Crippen LogP contribution is 2.18. The molecular formula is C12H15ClN2O. The summed E-state index contributed by atoms with van der Waals surface area (Å²) in [5.41, 5.74) is 0.588. The molecule has 1 N–H and O–H groups in total. The van der Waals surface area contributed by atoms with Crippen molar-refractivity contribution in [2.24, 2.45) is 0 Å². The van der Waals surface area contributed by atoms with Crippen molar-refractivity contribution in [1.82, 2.24) is 10.3 Å². The van der Waals surface area contributed by atoms with Crippen molar-refractivity contribution in [3.63, 3.8) is 0 Å². The van der Waals surface area contributed by atoms with E-state index in [0.29, 0.717) is 16.8 Å². The van der Waals surface area contributed by atoms with E-state index in [1.807, 2.05) is 0 Å². The predicted octanol–water partition coefficient (Wildman–Crippen LogP) is 2.80. The van der Waals surface area contributed by atoms with Crippen molar-refractivity contribution in [2.75, 3.05) is 0 Å². The fraction of sp³-hybridized carbons (Fsp3) is 0.500. The summed E-state index contributed by atoms with van der Waals surface area (Å²) in [5.74, 6) is -0.0452. The molecule has 1 aromatic rings. The first-order valence-corrected chi connectivity index (χ1v) is 6.06. The molecule has 1 amide bonds. The monoisotopic (exact) mass is 238 g/mol. The Morgan fingerprint density at radius 1 is 1.38 bits per heavy atom. The number of rotatable bonds is 2. The van der Waals surface area contributed by atoms with E-state index in [2.05, 4.69) is 10.3 Å². The second kappa shape index (κ2) is 5.30. The van der Waals surface area contributed by atoms with Crippen LogP contribution >= 0.6 is 11.6 Å². The van der Waals surface area contributed by atoms with Crippen LogP contribution in [0, 0.1) is 0 Å². The molecule has 0 unspecified atom stereocenters. The van der Waals surface area contributed by atoms with Crippen molar-refractivity contribution < 1.29 is 4.79 Å². The number of nitrogens with zero attached hydrogens (tertiary/aromatic N) is 1. The topological polar surface area (TPSA) is 42.0 Å². The van der Waals surface area contributed by atoms with Crippen LogP contribution in [-0.2, 0) is 0 Å². The van der Waals surface area contributed by atoms with Crippen LogP contribution in [0.1, 0.15) is 42.5 Å². The summed E-state index contributed by atoms with van der Waals surface area (Å²) in [7, 11) is 0. The number of aromatic nitrogens is 1. The minimum Gasteiger partial charge on any atom is -0.349 e. The Morgan fingerprint density at radius 3 is 2.81 bits per heavy atom. The summed E-state index contributed by atoms with van der Waals surface area (Å²) >= 11 is 5.74. The Kier molecular flexibility index (Phi) is 3.78. The van der Waals surface area contributed by atoms with Crippen molar-refractivity contribution in [3.8, 4) is 0 Å². The summed E-state index contributed by atoms with van der Waals surface area (Å²) in [6.07, 6.45) is 7.44. The summed E-state index contributed by atoms with van der Waals surface area (Å²) in [4.78, 5) is 15.7. The largest absolute Gasteiger partial charge is 0.349 e. The molecule has 4 heteroatoms. The van der Waals surface area contributed by atoms with Gasteiger partial charge in [-0.3, -0.25) is 4.79 Å². The van der Waals surface area contributed by atoms with Gasteiger partial charge in [-0.1, -0.05) is 30.9 Å². The van der Waals surface area contributed by atoms with E-state index < -0.39 is 0 Å². The molecule has 0 saturated heterocycles. The van der Waals surface area contributed by atoms with Crippen LogP contribution < -0.4 is 5.32 Å². The lowest BCUT2D eigenvalue weighted by molar-refractivity contribution is 0.0927. The smallest absolute Gasteiger partial charge is 0.251 e. The van der Waals surface area contributed by atoms with Crippen LogP contribution in [0.4, 0.5) is 0 Å². The van der Waals surface area contributed by atoms with Gasteiger partial charge in [-0.2, -0.15) is 0 Å². The lowest BCUT2D eigenvalue weighted by atomic mass is 9.95. The van der Waals surface area contributed by atoms with Gasteiger partial charge in [-0.15, -0.1) is 0 Å². The molecule has 0 aliphatic heterocycles. The number of hydrogen-bond acceptors (Lipinski definition) is 2. The molecule has 1 fully saturated rings. The standard InChI is InChI=1S/C12H15ClN2O/c13-11-8-9(6-7-14-11)12(16)15-10-4-2-1-3-5-10/h6-8,10H,1-5H2,(H,15,16). The quantitative estimate of drug-likeness (QED) is 0.805. The number of halogens is 1. The lowest BCUT2D eigenvalue weighted by Crippen LogP contribution is -2.36. The number of hydrogen-bond donors (Lipinski definition) is 1. The normalized spacial score (nSPS) is 17.1. The zero-order chi connectivity index (χ0) is 11.4. The van der Waals surface area contributed by atoms with Crippen molar-refractivity contribution in [2.45, 2.75) is 38.1 Å².